The summed E-state index contributed by atoms with van der Waals surface area (Å²) in [5.74, 6) is -0.615. The van der Waals surface area contributed by atoms with Gasteiger partial charge in [0, 0.05) is 61.1 Å². The van der Waals surface area contributed by atoms with Crippen LogP contribution in [0.1, 0.15) is 5.56 Å². The molecule has 160 valence electrons. The van der Waals surface area contributed by atoms with Gasteiger partial charge in [0.1, 0.15) is 0 Å². The number of nitrogens with zero attached hydrogens (tertiary/aromatic N) is 3. The summed E-state index contributed by atoms with van der Waals surface area (Å²) < 4.78 is 28.2. The number of sulfonamides is 1. The van der Waals surface area contributed by atoms with Crippen molar-refractivity contribution >= 4 is 38.5 Å². The van der Waals surface area contributed by atoms with E-state index < -0.39 is 15.9 Å². The van der Waals surface area contributed by atoms with Crippen LogP contribution in [0.25, 0.3) is 16.8 Å². The number of para-hydroxylation sites is 1. The van der Waals surface area contributed by atoms with E-state index in [2.05, 4.69) is 9.88 Å². The van der Waals surface area contributed by atoms with E-state index >= 15 is 0 Å². The molecule has 8 nitrogen and oxygen atoms in total. The Morgan fingerprint density at radius 2 is 1.81 bits per heavy atom. The zero-order valence-electron chi connectivity index (χ0n) is 16.7. The van der Waals surface area contributed by atoms with Crippen LogP contribution in [-0.4, -0.2) is 55.0 Å². The molecule has 0 saturated carbocycles. The van der Waals surface area contributed by atoms with Gasteiger partial charge >= 0.3 is 0 Å². The zero-order valence-corrected chi connectivity index (χ0v) is 17.5. The van der Waals surface area contributed by atoms with Gasteiger partial charge in [-0.25, -0.2) is 13.9 Å². The van der Waals surface area contributed by atoms with Crippen molar-refractivity contribution in [3.05, 3.63) is 72.6 Å². The Morgan fingerprint density at radius 1 is 1.03 bits per heavy atom. The van der Waals surface area contributed by atoms with Crippen LogP contribution in [0.4, 0.5) is 5.69 Å². The lowest BCUT2D eigenvalue weighted by atomic mass is 10.1. The number of carbonyl (C=O) groups is 1. The van der Waals surface area contributed by atoms with E-state index in [9.17, 15) is 13.2 Å². The van der Waals surface area contributed by atoms with E-state index in [0.717, 1.165) is 16.6 Å². The van der Waals surface area contributed by atoms with Gasteiger partial charge in [-0.1, -0.05) is 30.3 Å². The van der Waals surface area contributed by atoms with Gasteiger partial charge in [0.2, 0.25) is 10.0 Å². The maximum Gasteiger partial charge on any atom is 0.267 e. The van der Waals surface area contributed by atoms with Crippen LogP contribution < -0.4 is 10.4 Å². The van der Waals surface area contributed by atoms with Crippen LogP contribution >= 0.6 is 0 Å². The van der Waals surface area contributed by atoms with Gasteiger partial charge in [-0.15, -0.1) is 0 Å². The minimum Gasteiger partial charge on any atom is -0.368 e. The molecule has 9 heteroatoms. The number of amides is 1. The van der Waals surface area contributed by atoms with Gasteiger partial charge in [0.15, 0.2) is 0 Å². The summed E-state index contributed by atoms with van der Waals surface area (Å²) in [6.45, 7) is 1.73. The molecule has 31 heavy (non-hydrogen) atoms. The van der Waals surface area contributed by atoms with Crippen molar-refractivity contribution in [2.24, 2.45) is 0 Å². The molecular formula is C22H22N4O4S. The molecule has 0 unspecified atom stereocenters. The molecule has 0 aliphatic carbocycles. The van der Waals surface area contributed by atoms with Gasteiger partial charge in [0.05, 0.1) is 4.90 Å². The molecule has 0 atom stereocenters. The first-order valence-electron chi connectivity index (χ1n) is 9.80. The smallest absolute Gasteiger partial charge is 0.267 e. The Kier molecular flexibility index (Phi) is 5.99. The Morgan fingerprint density at radius 3 is 2.58 bits per heavy atom. The molecule has 1 saturated heterocycles. The summed E-state index contributed by atoms with van der Waals surface area (Å²) in [4.78, 5) is 17.8. The maximum atomic E-state index is 13.3. The number of carbonyl (C=O) groups excluding carboxylic acids is 1. The second-order valence-corrected chi connectivity index (χ2v) is 9.02. The minimum atomic E-state index is -3.65. The van der Waals surface area contributed by atoms with Crippen molar-refractivity contribution < 1.29 is 18.4 Å². The average Bonchev–Trinajstić information content (AvgIpc) is 2.82. The molecule has 1 aromatic heterocycles. The predicted molar refractivity (Wildman–Crippen MR) is 118 cm³/mol. The Labute approximate surface area is 180 Å². The van der Waals surface area contributed by atoms with Crippen LogP contribution in [0.2, 0.25) is 0 Å². The van der Waals surface area contributed by atoms with Gasteiger partial charge in [-0.2, -0.15) is 4.31 Å². The second-order valence-electron chi connectivity index (χ2n) is 7.11. The number of hydroxylamine groups is 1. The number of pyridine rings is 1. The third-order valence-electron chi connectivity index (χ3n) is 5.30. The van der Waals surface area contributed by atoms with Crippen molar-refractivity contribution in [3.63, 3.8) is 0 Å². The third-order valence-corrected chi connectivity index (χ3v) is 7.26. The van der Waals surface area contributed by atoms with E-state index in [1.807, 2.05) is 30.3 Å². The molecule has 2 aromatic carbocycles. The first kappa shape index (κ1) is 21.0. The van der Waals surface area contributed by atoms with Crippen molar-refractivity contribution in [1.82, 2.24) is 14.8 Å². The van der Waals surface area contributed by atoms with Gasteiger partial charge in [-0.3, -0.25) is 15.0 Å². The summed E-state index contributed by atoms with van der Waals surface area (Å²) in [5, 5.41) is 10.1. The number of aromatic nitrogens is 1. The minimum absolute atomic E-state index is 0.291. The summed E-state index contributed by atoms with van der Waals surface area (Å²) in [7, 11) is -3.65. The molecule has 0 radical (unpaired) electrons. The highest BCUT2D eigenvalue weighted by Gasteiger charge is 2.30. The van der Waals surface area contributed by atoms with E-state index in [0.29, 0.717) is 36.5 Å². The number of piperazine rings is 1. The summed E-state index contributed by atoms with van der Waals surface area (Å²) in [6, 6.07) is 14.5. The monoisotopic (exact) mass is 438 g/mol. The van der Waals surface area contributed by atoms with Crippen molar-refractivity contribution in [2.75, 3.05) is 31.1 Å². The molecule has 1 aliphatic heterocycles. The first-order chi connectivity index (χ1) is 15.0. The lowest BCUT2D eigenvalue weighted by Gasteiger charge is -2.36. The summed E-state index contributed by atoms with van der Waals surface area (Å²) in [5.41, 5.74) is 3.28. The van der Waals surface area contributed by atoms with E-state index in [1.54, 1.807) is 42.1 Å². The van der Waals surface area contributed by atoms with Crippen molar-refractivity contribution in [1.29, 1.82) is 0 Å². The number of nitrogens with one attached hydrogen (secondary N) is 1. The molecule has 0 spiro atoms. The quantitative estimate of drug-likeness (QED) is 0.360. The molecule has 2 heterocycles. The molecule has 2 N–H and O–H groups in total. The number of anilines is 1. The Hall–Kier alpha value is -3.27. The fraction of sp³-hybridized carbons (Fsp3) is 0.182. The van der Waals surface area contributed by atoms with Crippen LogP contribution in [0, 0.1) is 0 Å². The number of rotatable bonds is 5. The molecule has 1 aliphatic rings. The molecule has 3 aromatic rings. The summed E-state index contributed by atoms with van der Waals surface area (Å²) in [6.07, 6.45) is 6.12. The lowest BCUT2D eigenvalue weighted by molar-refractivity contribution is -0.124. The van der Waals surface area contributed by atoms with Crippen molar-refractivity contribution in [3.8, 4) is 0 Å². The molecule has 1 amide bonds. The second kappa shape index (κ2) is 8.84. The van der Waals surface area contributed by atoms with Gasteiger partial charge in [0.25, 0.3) is 5.91 Å². The standard InChI is InChI=1S/C22H22N4O4S/c27-22(24-28)9-8-17-4-1-2-6-20(17)25-12-14-26(15-13-25)31(29,30)21-7-3-5-18-16-23-11-10-19(18)21/h1-11,16,28H,12-15H2,(H,24,27). The third kappa shape index (κ3) is 4.29. The van der Waals surface area contributed by atoms with E-state index in [-0.39, 0.29) is 0 Å². The normalized spacial score (nSPS) is 15.5. The largest absolute Gasteiger partial charge is 0.368 e. The number of benzene rings is 2. The predicted octanol–water partition coefficient (Wildman–Crippen LogP) is 2.26. The molecular weight excluding hydrogens is 416 g/mol. The fourth-order valence-electron chi connectivity index (χ4n) is 3.75. The molecule has 0 bridgehead atoms. The first-order valence-corrected chi connectivity index (χ1v) is 11.2. The SMILES string of the molecule is O=C(C=Cc1ccccc1N1CCN(S(=O)(=O)c2cccc3cnccc23)CC1)NO. The number of hydrogen-bond donors (Lipinski definition) is 2. The maximum absolute atomic E-state index is 13.3. The highest BCUT2D eigenvalue weighted by Crippen LogP contribution is 2.28. The van der Waals surface area contributed by atoms with Crippen LogP contribution in [0.5, 0.6) is 0 Å². The topological polar surface area (TPSA) is 103 Å². The highest BCUT2D eigenvalue weighted by molar-refractivity contribution is 7.89. The average molecular weight is 439 g/mol. The molecule has 4 rings (SSSR count). The molecule has 1 fully saturated rings. The fourth-order valence-corrected chi connectivity index (χ4v) is 5.38. The lowest BCUT2D eigenvalue weighted by Crippen LogP contribution is -2.48. The Balaban J connectivity index is 1.54. The van der Waals surface area contributed by atoms with Gasteiger partial charge in [-0.05, 0) is 29.8 Å². The highest BCUT2D eigenvalue weighted by atomic mass is 32.2. The van der Waals surface area contributed by atoms with Gasteiger partial charge < -0.3 is 4.90 Å². The zero-order chi connectivity index (χ0) is 21.8. The number of fused-ring (bicyclic) bond motifs is 1. The van der Waals surface area contributed by atoms with E-state index in [4.69, 9.17) is 5.21 Å². The van der Waals surface area contributed by atoms with E-state index in [1.165, 1.54) is 10.4 Å². The summed E-state index contributed by atoms with van der Waals surface area (Å²) >= 11 is 0. The van der Waals surface area contributed by atoms with Crippen LogP contribution in [0.15, 0.2) is 71.9 Å². The Bertz CT molecular complexity index is 1230. The van der Waals surface area contributed by atoms with Crippen molar-refractivity contribution in [2.45, 2.75) is 4.90 Å². The number of hydrogen-bond acceptors (Lipinski definition) is 6. The van der Waals surface area contributed by atoms with Crippen LogP contribution in [0.3, 0.4) is 0 Å². The van der Waals surface area contributed by atoms with Crippen LogP contribution in [-0.2, 0) is 14.8 Å².